The topological polar surface area (TPSA) is 83.5 Å². The second kappa shape index (κ2) is 6.49. The molecule has 5 nitrogen and oxygen atoms in total. The maximum atomic E-state index is 12.2. The molecule has 0 bridgehead atoms. The number of hydrogen-bond acceptors (Lipinski definition) is 4. The number of carboxylic acids is 1. The van der Waals surface area contributed by atoms with Crippen molar-refractivity contribution >= 4 is 41.0 Å². The van der Waals surface area contributed by atoms with Crippen LogP contribution >= 0.6 is 23.4 Å². The van der Waals surface area contributed by atoms with Crippen LogP contribution in [0.4, 0.5) is 0 Å². The van der Waals surface area contributed by atoms with Gasteiger partial charge in [-0.25, -0.2) is 4.79 Å². The Hall–Kier alpha value is -1.53. The van der Waals surface area contributed by atoms with Crippen molar-refractivity contribution in [3.8, 4) is 0 Å². The number of amides is 1. The number of ketones is 1. The van der Waals surface area contributed by atoms with Gasteiger partial charge >= 0.3 is 5.97 Å². The van der Waals surface area contributed by atoms with Gasteiger partial charge in [-0.2, -0.15) is 0 Å². The standard InChI is InChI=1S/C14H14ClNO4S/c1-7(17)16-11(14(19)20)6-21-12-5-8-4-9(15)2-3-10(8)13(12)18/h2-4,11-12H,5-6H2,1H3,(H,16,17)(H,19,20). The molecule has 2 N–H and O–H groups in total. The van der Waals surface area contributed by atoms with Crippen molar-refractivity contribution in [2.24, 2.45) is 0 Å². The van der Waals surface area contributed by atoms with Crippen molar-refractivity contribution in [1.82, 2.24) is 5.32 Å². The lowest BCUT2D eigenvalue weighted by atomic mass is 10.1. The van der Waals surface area contributed by atoms with E-state index in [9.17, 15) is 14.4 Å². The number of benzene rings is 1. The molecule has 0 aliphatic heterocycles. The Morgan fingerprint density at radius 1 is 1.52 bits per heavy atom. The van der Waals surface area contributed by atoms with Crippen molar-refractivity contribution in [2.45, 2.75) is 24.6 Å². The molecule has 0 saturated carbocycles. The van der Waals surface area contributed by atoms with Gasteiger partial charge in [0.15, 0.2) is 5.78 Å². The summed E-state index contributed by atoms with van der Waals surface area (Å²) in [6, 6.07) is 4.14. The summed E-state index contributed by atoms with van der Waals surface area (Å²) in [4.78, 5) is 34.2. The van der Waals surface area contributed by atoms with Crippen LogP contribution in [0.25, 0.3) is 0 Å². The maximum absolute atomic E-state index is 12.2. The number of thioether (sulfide) groups is 1. The van der Waals surface area contributed by atoms with Crippen LogP contribution in [-0.4, -0.2) is 39.8 Å². The molecular formula is C14H14ClNO4S. The molecule has 0 radical (unpaired) electrons. The van der Waals surface area contributed by atoms with E-state index in [0.717, 1.165) is 5.56 Å². The Morgan fingerprint density at radius 3 is 2.86 bits per heavy atom. The van der Waals surface area contributed by atoms with E-state index in [4.69, 9.17) is 16.7 Å². The Morgan fingerprint density at radius 2 is 2.24 bits per heavy atom. The molecule has 1 aromatic carbocycles. The minimum absolute atomic E-state index is 0.0152. The summed E-state index contributed by atoms with van der Waals surface area (Å²) in [5, 5.41) is 11.7. The van der Waals surface area contributed by atoms with Gasteiger partial charge in [-0.3, -0.25) is 9.59 Å². The molecular weight excluding hydrogens is 314 g/mol. The first-order chi connectivity index (χ1) is 9.88. The van der Waals surface area contributed by atoms with Crippen LogP contribution in [0.3, 0.4) is 0 Å². The summed E-state index contributed by atoms with van der Waals surface area (Å²) in [5.41, 5.74) is 1.53. The molecule has 0 saturated heterocycles. The number of hydrogen-bond donors (Lipinski definition) is 2. The fourth-order valence-corrected chi connectivity index (χ4v) is 3.63. The van der Waals surface area contributed by atoms with Crippen LogP contribution in [0.2, 0.25) is 5.02 Å². The van der Waals surface area contributed by atoms with Crippen molar-refractivity contribution in [1.29, 1.82) is 0 Å². The van der Waals surface area contributed by atoms with Crippen molar-refractivity contribution in [3.05, 3.63) is 34.3 Å². The molecule has 2 atom stereocenters. The molecule has 0 aromatic heterocycles. The van der Waals surface area contributed by atoms with Gasteiger partial charge in [0.1, 0.15) is 6.04 Å². The third-order valence-electron chi connectivity index (χ3n) is 3.17. The largest absolute Gasteiger partial charge is 0.480 e. The maximum Gasteiger partial charge on any atom is 0.327 e. The van der Waals surface area contributed by atoms with Crippen molar-refractivity contribution in [2.75, 3.05) is 5.75 Å². The molecule has 2 rings (SSSR count). The van der Waals surface area contributed by atoms with Crippen LogP contribution in [0.1, 0.15) is 22.8 Å². The summed E-state index contributed by atoms with van der Waals surface area (Å²) >= 11 is 7.15. The number of Topliss-reactive ketones (excluding diaryl/α,β-unsaturated/α-hetero) is 1. The van der Waals surface area contributed by atoms with Gasteiger partial charge in [-0.15, -0.1) is 11.8 Å². The van der Waals surface area contributed by atoms with E-state index in [1.807, 2.05) is 0 Å². The smallest absolute Gasteiger partial charge is 0.327 e. The number of carbonyl (C=O) groups excluding carboxylic acids is 2. The summed E-state index contributed by atoms with van der Waals surface area (Å²) < 4.78 is 0. The summed E-state index contributed by atoms with van der Waals surface area (Å²) in [6.45, 7) is 1.26. The van der Waals surface area contributed by atoms with Gasteiger partial charge in [0, 0.05) is 23.3 Å². The Labute approximate surface area is 131 Å². The molecule has 112 valence electrons. The SMILES string of the molecule is CC(=O)NC(CSC1Cc2cc(Cl)ccc2C1=O)C(=O)O. The molecule has 2 unspecified atom stereocenters. The lowest BCUT2D eigenvalue weighted by Gasteiger charge is -2.15. The number of nitrogens with one attached hydrogen (secondary N) is 1. The average molecular weight is 328 g/mol. The summed E-state index contributed by atoms with van der Waals surface area (Å²) in [6.07, 6.45) is 0.534. The second-order valence-electron chi connectivity index (χ2n) is 4.78. The van der Waals surface area contributed by atoms with Crippen LogP contribution in [0, 0.1) is 0 Å². The molecule has 1 amide bonds. The predicted octanol–water partition coefficient (Wildman–Crippen LogP) is 1.77. The minimum atomic E-state index is -1.11. The number of carboxylic acid groups (broad SMARTS) is 1. The van der Waals surface area contributed by atoms with Crippen LogP contribution in [-0.2, 0) is 16.0 Å². The first-order valence-electron chi connectivity index (χ1n) is 6.32. The quantitative estimate of drug-likeness (QED) is 0.861. The minimum Gasteiger partial charge on any atom is -0.480 e. The molecule has 21 heavy (non-hydrogen) atoms. The fourth-order valence-electron chi connectivity index (χ4n) is 2.20. The number of aliphatic carboxylic acids is 1. The highest BCUT2D eigenvalue weighted by atomic mass is 35.5. The molecule has 1 aliphatic rings. The number of rotatable bonds is 5. The highest BCUT2D eigenvalue weighted by Gasteiger charge is 2.32. The molecule has 0 heterocycles. The second-order valence-corrected chi connectivity index (χ2v) is 6.46. The van der Waals surface area contributed by atoms with Gasteiger partial charge < -0.3 is 10.4 Å². The van der Waals surface area contributed by atoms with Crippen LogP contribution in [0.15, 0.2) is 18.2 Å². The lowest BCUT2D eigenvalue weighted by molar-refractivity contribution is -0.140. The van der Waals surface area contributed by atoms with E-state index >= 15 is 0 Å². The third-order valence-corrected chi connectivity index (χ3v) is 4.71. The molecule has 0 fully saturated rings. The zero-order valence-corrected chi connectivity index (χ0v) is 12.8. The first kappa shape index (κ1) is 15.9. The van der Waals surface area contributed by atoms with Crippen LogP contribution in [0.5, 0.6) is 0 Å². The molecule has 1 aromatic rings. The van der Waals surface area contributed by atoms with Crippen molar-refractivity contribution in [3.63, 3.8) is 0 Å². The number of fused-ring (bicyclic) bond motifs is 1. The highest BCUT2D eigenvalue weighted by Crippen LogP contribution is 2.32. The third kappa shape index (κ3) is 3.77. The normalized spacial score (nSPS) is 18.2. The Kier molecular flexibility index (Phi) is 4.90. The Balaban J connectivity index is 2.00. The predicted molar refractivity (Wildman–Crippen MR) is 81.0 cm³/mol. The van der Waals surface area contributed by atoms with Crippen LogP contribution < -0.4 is 5.32 Å². The molecule has 1 aliphatic carbocycles. The van der Waals surface area contributed by atoms with Gasteiger partial charge in [-0.1, -0.05) is 11.6 Å². The lowest BCUT2D eigenvalue weighted by Crippen LogP contribution is -2.42. The van der Waals surface area contributed by atoms with Crippen molar-refractivity contribution < 1.29 is 19.5 Å². The van der Waals surface area contributed by atoms with E-state index in [2.05, 4.69) is 5.32 Å². The number of halogens is 1. The highest BCUT2D eigenvalue weighted by molar-refractivity contribution is 8.00. The number of carbonyl (C=O) groups is 3. The molecule has 7 heteroatoms. The zero-order chi connectivity index (χ0) is 15.6. The van der Waals surface area contributed by atoms with E-state index in [-0.39, 0.29) is 16.8 Å². The fraction of sp³-hybridized carbons (Fsp3) is 0.357. The van der Waals surface area contributed by atoms with E-state index in [1.165, 1.54) is 18.7 Å². The average Bonchev–Trinajstić information content (AvgIpc) is 2.70. The van der Waals surface area contributed by atoms with Gasteiger partial charge in [0.2, 0.25) is 5.91 Å². The molecule has 0 spiro atoms. The van der Waals surface area contributed by atoms with E-state index < -0.39 is 17.9 Å². The van der Waals surface area contributed by atoms with Gasteiger partial charge in [-0.05, 0) is 30.2 Å². The van der Waals surface area contributed by atoms with E-state index in [1.54, 1.807) is 18.2 Å². The van der Waals surface area contributed by atoms with Gasteiger partial charge in [0.25, 0.3) is 0 Å². The monoisotopic (exact) mass is 327 g/mol. The first-order valence-corrected chi connectivity index (χ1v) is 7.75. The van der Waals surface area contributed by atoms with Gasteiger partial charge in [0.05, 0.1) is 5.25 Å². The summed E-state index contributed by atoms with van der Waals surface area (Å²) in [5.74, 6) is -1.38. The van der Waals surface area contributed by atoms with E-state index in [0.29, 0.717) is 17.0 Å². The summed E-state index contributed by atoms with van der Waals surface area (Å²) in [7, 11) is 0. The zero-order valence-electron chi connectivity index (χ0n) is 11.3. The Bertz CT molecular complexity index is 605.